The van der Waals surface area contributed by atoms with Crippen molar-refractivity contribution < 1.29 is 9.84 Å². The molecule has 0 aliphatic carbocycles. The lowest BCUT2D eigenvalue weighted by Crippen LogP contribution is -2.42. The van der Waals surface area contributed by atoms with Gasteiger partial charge in [0.15, 0.2) is 0 Å². The molecule has 2 N–H and O–H groups in total. The van der Waals surface area contributed by atoms with Gasteiger partial charge in [0.1, 0.15) is 11.9 Å². The molecule has 2 aromatic rings. The van der Waals surface area contributed by atoms with Gasteiger partial charge >= 0.3 is 0 Å². The highest BCUT2D eigenvalue weighted by Gasteiger charge is 2.21. The fraction of sp³-hybridized carbons (Fsp3) is 0.533. The van der Waals surface area contributed by atoms with E-state index in [0.29, 0.717) is 0 Å². The maximum absolute atomic E-state index is 9.04. The third-order valence-electron chi connectivity index (χ3n) is 4.02. The smallest absolute Gasteiger partial charge is 0.123 e. The van der Waals surface area contributed by atoms with Crippen molar-refractivity contribution in [2.24, 2.45) is 0 Å². The number of ether oxygens (including phenoxy) is 1. The van der Waals surface area contributed by atoms with Crippen LogP contribution in [0.5, 0.6) is 5.75 Å². The highest BCUT2D eigenvalue weighted by atomic mass is 16.5. The monoisotopic (exact) mass is 275 g/mol. The molecule has 20 heavy (non-hydrogen) atoms. The van der Waals surface area contributed by atoms with Gasteiger partial charge in [-0.15, -0.1) is 0 Å². The Hall–Kier alpha value is -1.59. The minimum atomic E-state index is 0.207. The van der Waals surface area contributed by atoms with Crippen LogP contribution < -0.4 is 4.74 Å². The number of benzene rings is 1. The molecule has 1 atom stereocenters. The summed E-state index contributed by atoms with van der Waals surface area (Å²) in [5.74, 6) is 0.940. The zero-order chi connectivity index (χ0) is 13.9. The number of aryl methyl sites for hydroxylation is 1. The number of aliphatic hydroxyl groups is 1. The largest absolute Gasteiger partial charge is 0.489 e. The summed E-state index contributed by atoms with van der Waals surface area (Å²) in [6.45, 7) is 4.97. The van der Waals surface area contributed by atoms with Gasteiger partial charge in [-0.05, 0) is 38.4 Å². The van der Waals surface area contributed by atoms with Crippen molar-refractivity contribution in [3.63, 3.8) is 0 Å². The first-order chi connectivity index (χ1) is 9.78. The molecule has 2 heterocycles. The number of hydrogen-bond donors (Lipinski definition) is 2. The number of piperidine rings is 1. The van der Waals surface area contributed by atoms with E-state index in [1.54, 1.807) is 0 Å². The molecule has 1 aliphatic rings. The first kappa shape index (κ1) is 13.4. The van der Waals surface area contributed by atoms with Crippen molar-refractivity contribution in [3.05, 3.63) is 23.9 Å². The van der Waals surface area contributed by atoms with Crippen LogP contribution in [0.2, 0.25) is 0 Å². The van der Waals surface area contributed by atoms with E-state index in [4.69, 9.17) is 9.84 Å². The van der Waals surface area contributed by atoms with E-state index in [1.165, 1.54) is 0 Å². The van der Waals surface area contributed by atoms with E-state index in [9.17, 15) is 0 Å². The summed E-state index contributed by atoms with van der Waals surface area (Å²) >= 11 is 0. The fourth-order valence-corrected chi connectivity index (χ4v) is 2.90. The molecule has 108 valence electrons. The summed E-state index contributed by atoms with van der Waals surface area (Å²) < 4.78 is 6.18. The van der Waals surface area contributed by atoms with Crippen molar-refractivity contribution >= 4 is 10.9 Å². The highest BCUT2D eigenvalue weighted by Crippen LogP contribution is 2.28. The number of aromatic amines is 1. The summed E-state index contributed by atoms with van der Waals surface area (Å²) in [4.78, 5) is 2.26. The fourth-order valence-electron chi connectivity index (χ4n) is 2.90. The van der Waals surface area contributed by atoms with Crippen molar-refractivity contribution in [2.75, 3.05) is 26.2 Å². The van der Waals surface area contributed by atoms with Gasteiger partial charge < -0.3 is 9.84 Å². The molecule has 1 saturated heterocycles. The Morgan fingerprint density at radius 3 is 3.25 bits per heavy atom. The number of aliphatic hydroxyl groups excluding tert-OH is 1. The lowest BCUT2D eigenvalue weighted by atomic mass is 10.1. The first-order valence-electron chi connectivity index (χ1n) is 7.20. The lowest BCUT2D eigenvalue weighted by Gasteiger charge is -2.32. The molecule has 0 spiro atoms. The van der Waals surface area contributed by atoms with E-state index >= 15 is 0 Å². The van der Waals surface area contributed by atoms with Gasteiger partial charge in [-0.25, -0.2) is 0 Å². The normalized spacial score (nSPS) is 20.4. The minimum absolute atomic E-state index is 0.207. The number of aromatic nitrogens is 2. The molecule has 1 aromatic heterocycles. The number of nitrogens with one attached hydrogen (secondary N) is 1. The van der Waals surface area contributed by atoms with Gasteiger partial charge in [0.25, 0.3) is 0 Å². The molecule has 5 heteroatoms. The molecule has 0 amide bonds. The molecule has 1 unspecified atom stereocenters. The van der Waals surface area contributed by atoms with Gasteiger partial charge in [-0.1, -0.05) is 0 Å². The van der Waals surface area contributed by atoms with Gasteiger partial charge in [-0.3, -0.25) is 10.00 Å². The molecular weight excluding hydrogens is 254 g/mol. The number of β-amino-alcohol motifs (C(OH)–C–C–N with tert-alkyl or cyclic N) is 1. The Labute approximate surface area is 118 Å². The maximum Gasteiger partial charge on any atom is 0.123 e. The van der Waals surface area contributed by atoms with Gasteiger partial charge in [0.05, 0.1) is 18.3 Å². The van der Waals surface area contributed by atoms with Crippen LogP contribution >= 0.6 is 0 Å². The quantitative estimate of drug-likeness (QED) is 0.891. The summed E-state index contributed by atoms with van der Waals surface area (Å²) in [6.07, 6.45) is 4.25. The Balaban J connectivity index is 1.73. The number of nitrogens with zero attached hydrogens (tertiary/aromatic N) is 2. The van der Waals surface area contributed by atoms with Crippen molar-refractivity contribution in [3.8, 4) is 5.75 Å². The maximum atomic E-state index is 9.04. The summed E-state index contributed by atoms with van der Waals surface area (Å²) in [6, 6.07) is 4.03. The van der Waals surface area contributed by atoms with E-state index in [-0.39, 0.29) is 12.7 Å². The predicted octanol–water partition coefficient (Wildman–Crippen LogP) is 1.71. The van der Waals surface area contributed by atoms with E-state index in [0.717, 1.165) is 54.7 Å². The molecule has 0 bridgehead atoms. The second-order valence-electron chi connectivity index (χ2n) is 5.43. The molecular formula is C15H21N3O2. The zero-order valence-corrected chi connectivity index (χ0v) is 11.8. The molecule has 1 aromatic carbocycles. The topological polar surface area (TPSA) is 61.4 Å². The average Bonchev–Trinajstić information content (AvgIpc) is 2.92. The number of fused-ring (bicyclic) bond motifs is 1. The van der Waals surface area contributed by atoms with E-state index < -0.39 is 0 Å². The van der Waals surface area contributed by atoms with Crippen molar-refractivity contribution in [1.29, 1.82) is 0 Å². The van der Waals surface area contributed by atoms with Crippen LogP contribution in [0.25, 0.3) is 10.9 Å². The molecule has 0 saturated carbocycles. The number of H-pyrrole nitrogens is 1. The molecule has 3 rings (SSSR count). The Morgan fingerprint density at radius 1 is 1.50 bits per heavy atom. The van der Waals surface area contributed by atoms with E-state index in [2.05, 4.69) is 22.0 Å². The van der Waals surface area contributed by atoms with Gasteiger partial charge in [0, 0.05) is 24.0 Å². The number of rotatable bonds is 4. The lowest BCUT2D eigenvalue weighted by molar-refractivity contribution is 0.0764. The molecule has 1 fully saturated rings. The van der Waals surface area contributed by atoms with Crippen LogP contribution in [0.3, 0.4) is 0 Å². The van der Waals surface area contributed by atoms with Crippen LogP contribution in [0.15, 0.2) is 18.3 Å². The predicted molar refractivity (Wildman–Crippen MR) is 78.0 cm³/mol. The Kier molecular flexibility index (Phi) is 3.89. The number of hydrogen-bond acceptors (Lipinski definition) is 4. The molecule has 5 nitrogen and oxygen atoms in total. The summed E-state index contributed by atoms with van der Waals surface area (Å²) in [5.41, 5.74) is 2.18. The summed E-state index contributed by atoms with van der Waals surface area (Å²) in [7, 11) is 0. The average molecular weight is 275 g/mol. The van der Waals surface area contributed by atoms with Crippen LogP contribution in [0, 0.1) is 6.92 Å². The van der Waals surface area contributed by atoms with Crippen molar-refractivity contribution in [2.45, 2.75) is 25.9 Å². The van der Waals surface area contributed by atoms with Gasteiger partial charge in [-0.2, -0.15) is 5.10 Å². The Morgan fingerprint density at radius 2 is 2.40 bits per heavy atom. The standard InChI is InChI=1S/C15H21N3O2/c1-11-13-9-16-17-14(13)4-5-15(11)20-12-3-2-6-18(10-12)7-8-19/h4-5,9,12,19H,2-3,6-8,10H2,1H3,(H,16,17). The second kappa shape index (κ2) is 5.81. The third-order valence-corrected chi connectivity index (χ3v) is 4.02. The minimum Gasteiger partial charge on any atom is -0.489 e. The second-order valence-corrected chi connectivity index (χ2v) is 5.43. The van der Waals surface area contributed by atoms with Crippen LogP contribution in [-0.2, 0) is 0 Å². The van der Waals surface area contributed by atoms with E-state index in [1.807, 2.05) is 18.3 Å². The van der Waals surface area contributed by atoms with Crippen LogP contribution in [-0.4, -0.2) is 52.5 Å². The van der Waals surface area contributed by atoms with Crippen LogP contribution in [0.4, 0.5) is 0 Å². The van der Waals surface area contributed by atoms with Crippen molar-refractivity contribution in [1.82, 2.24) is 15.1 Å². The zero-order valence-electron chi connectivity index (χ0n) is 11.8. The molecule has 1 aliphatic heterocycles. The molecule has 0 radical (unpaired) electrons. The SMILES string of the molecule is Cc1c(OC2CCCN(CCO)C2)ccc2[nH]ncc12. The van der Waals surface area contributed by atoms with Crippen LogP contribution in [0.1, 0.15) is 18.4 Å². The highest BCUT2D eigenvalue weighted by molar-refractivity contribution is 5.83. The summed E-state index contributed by atoms with van der Waals surface area (Å²) in [5, 5.41) is 17.2. The number of likely N-dealkylation sites (tertiary alicyclic amines) is 1. The third kappa shape index (κ3) is 2.64. The Bertz CT molecular complexity index is 580. The first-order valence-corrected chi connectivity index (χ1v) is 7.20. The van der Waals surface area contributed by atoms with Gasteiger partial charge in [0.2, 0.25) is 0 Å².